The summed E-state index contributed by atoms with van der Waals surface area (Å²) in [6, 6.07) is 0. The summed E-state index contributed by atoms with van der Waals surface area (Å²) in [5.74, 6) is 4.10. The summed E-state index contributed by atoms with van der Waals surface area (Å²) in [4.78, 5) is 12.1. The Morgan fingerprint density at radius 1 is 0.950 bits per heavy atom. The van der Waals surface area contributed by atoms with Gasteiger partial charge in [0.2, 0.25) is 0 Å². The summed E-state index contributed by atoms with van der Waals surface area (Å²) in [5.41, 5.74) is 0.990. The lowest BCUT2D eigenvalue weighted by atomic mass is 9.45. The lowest BCUT2D eigenvalue weighted by Gasteiger charge is -2.59. The molecule has 4 aliphatic carbocycles. The molecular weight excluding hydrogens is 244 g/mol. The van der Waals surface area contributed by atoms with Crippen molar-refractivity contribution in [1.29, 1.82) is 0 Å². The van der Waals surface area contributed by atoms with Gasteiger partial charge in [-0.2, -0.15) is 0 Å². The van der Waals surface area contributed by atoms with E-state index in [0.717, 1.165) is 36.5 Å². The van der Waals surface area contributed by atoms with Gasteiger partial charge < -0.3 is 0 Å². The number of hydrogen-bond donors (Lipinski definition) is 0. The van der Waals surface area contributed by atoms with Gasteiger partial charge in [0, 0.05) is 12.8 Å². The molecule has 112 valence electrons. The van der Waals surface area contributed by atoms with Crippen molar-refractivity contribution >= 4 is 5.78 Å². The molecule has 0 radical (unpaired) electrons. The lowest BCUT2D eigenvalue weighted by Crippen LogP contribution is -2.51. The van der Waals surface area contributed by atoms with E-state index in [1.807, 2.05) is 0 Å². The van der Waals surface area contributed by atoms with Gasteiger partial charge >= 0.3 is 0 Å². The minimum absolute atomic E-state index is 0.371. The second-order valence-corrected chi connectivity index (χ2v) is 9.01. The van der Waals surface area contributed by atoms with E-state index in [1.54, 1.807) is 0 Å². The highest BCUT2D eigenvalue weighted by Crippen LogP contribution is 2.65. The highest BCUT2D eigenvalue weighted by atomic mass is 16.1. The monoisotopic (exact) mass is 274 g/mol. The van der Waals surface area contributed by atoms with Crippen molar-refractivity contribution < 1.29 is 4.79 Å². The first kappa shape index (κ1) is 13.3. The lowest BCUT2D eigenvalue weighted by molar-refractivity contribution is -0.118. The van der Waals surface area contributed by atoms with E-state index >= 15 is 0 Å². The molecule has 0 bridgehead atoms. The zero-order valence-corrected chi connectivity index (χ0v) is 13.3. The average molecular weight is 274 g/mol. The van der Waals surface area contributed by atoms with Crippen LogP contribution in [0.15, 0.2) is 0 Å². The van der Waals surface area contributed by atoms with Gasteiger partial charge in [0.25, 0.3) is 0 Å². The van der Waals surface area contributed by atoms with Crippen molar-refractivity contribution in [3.05, 3.63) is 0 Å². The molecule has 1 heteroatoms. The van der Waals surface area contributed by atoms with Crippen LogP contribution in [0.3, 0.4) is 0 Å². The van der Waals surface area contributed by atoms with Crippen LogP contribution in [-0.2, 0) is 4.79 Å². The minimum Gasteiger partial charge on any atom is -0.300 e. The maximum absolute atomic E-state index is 12.1. The first-order valence-electron chi connectivity index (χ1n) is 9.05. The van der Waals surface area contributed by atoms with E-state index < -0.39 is 0 Å². The molecule has 20 heavy (non-hydrogen) atoms. The molecule has 0 saturated heterocycles. The van der Waals surface area contributed by atoms with Crippen molar-refractivity contribution in [1.82, 2.24) is 0 Å². The first-order chi connectivity index (χ1) is 9.53. The third kappa shape index (κ3) is 1.70. The van der Waals surface area contributed by atoms with E-state index in [-0.39, 0.29) is 0 Å². The van der Waals surface area contributed by atoms with Crippen LogP contribution >= 0.6 is 0 Å². The number of carbonyl (C=O) groups excluding carboxylic acids is 1. The van der Waals surface area contributed by atoms with Gasteiger partial charge in [-0.25, -0.2) is 0 Å². The molecule has 4 aliphatic rings. The smallest absolute Gasteiger partial charge is 0.133 e. The van der Waals surface area contributed by atoms with Gasteiger partial charge in [0.1, 0.15) is 5.78 Å². The fourth-order valence-corrected chi connectivity index (χ4v) is 7.07. The van der Waals surface area contributed by atoms with Crippen LogP contribution in [0.5, 0.6) is 0 Å². The summed E-state index contributed by atoms with van der Waals surface area (Å²) >= 11 is 0. The molecule has 0 heterocycles. The molecule has 1 nitrogen and oxygen atoms in total. The predicted octanol–water partition coefficient (Wildman–Crippen LogP) is 4.99. The van der Waals surface area contributed by atoms with E-state index in [1.165, 1.54) is 51.4 Å². The third-order valence-electron chi connectivity index (χ3n) is 8.15. The Labute approximate surface area is 123 Å². The SMILES string of the molecule is C[C@]12CC[C@H]3[C@@H](CC[C@H]4CCCC[C@@]43C)[C@@H]1CC(=O)C2. The first-order valence-corrected chi connectivity index (χ1v) is 9.05. The quantitative estimate of drug-likeness (QED) is 0.608. The van der Waals surface area contributed by atoms with E-state index in [2.05, 4.69) is 13.8 Å². The molecule has 4 rings (SSSR count). The fourth-order valence-electron chi connectivity index (χ4n) is 7.07. The predicted molar refractivity (Wildman–Crippen MR) is 81.4 cm³/mol. The summed E-state index contributed by atoms with van der Waals surface area (Å²) in [7, 11) is 0. The van der Waals surface area contributed by atoms with Crippen LogP contribution < -0.4 is 0 Å². The number of Topliss-reactive ketones (excluding diaryl/α,β-unsaturated/α-hetero) is 1. The van der Waals surface area contributed by atoms with Crippen molar-refractivity contribution in [3.63, 3.8) is 0 Å². The van der Waals surface area contributed by atoms with Crippen molar-refractivity contribution in [2.75, 3.05) is 0 Å². The van der Waals surface area contributed by atoms with Crippen LogP contribution in [-0.4, -0.2) is 5.78 Å². The molecule has 0 amide bonds. The maximum Gasteiger partial charge on any atom is 0.133 e. The maximum atomic E-state index is 12.1. The molecule has 4 saturated carbocycles. The zero-order chi connectivity index (χ0) is 14.0. The molecule has 0 spiro atoms. The van der Waals surface area contributed by atoms with Crippen LogP contribution in [0, 0.1) is 34.5 Å². The molecular formula is C19H30O. The Morgan fingerprint density at radius 2 is 1.80 bits per heavy atom. The Balaban J connectivity index is 1.65. The van der Waals surface area contributed by atoms with Gasteiger partial charge in [-0.3, -0.25) is 4.79 Å². The zero-order valence-electron chi connectivity index (χ0n) is 13.3. The molecule has 0 aliphatic heterocycles. The van der Waals surface area contributed by atoms with Crippen molar-refractivity contribution in [3.8, 4) is 0 Å². The summed E-state index contributed by atoms with van der Waals surface area (Å²) in [6.45, 7) is 5.04. The van der Waals surface area contributed by atoms with Gasteiger partial charge in [-0.1, -0.05) is 26.7 Å². The normalized spacial score (nSPS) is 55.0. The topological polar surface area (TPSA) is 17.1 Å². The Kier molecular flexibility index (Phi) is 2.89. The molecule has 6 atom stereocenters. The molecule has 0 unspecified atom stereocenters. The molecule has 0 aromatic carbocycles. The number of ketones is 1. The van der Waals surface area contributed by atoms with Crippen LogP contribution in [0.2, 0.25) is 0 Å². The Bertz CT molecular complexity index is 427. The van der Waals surface area contributed by atoms with Crippen LogP contribution in [0.1, 0.15) is 78.1 Å². The Hall–Kier alpha value is -0.330. The number of rotatable bonds is 0. The summed E-state index contributed by atoms with van der Waals surface area (Å²) in [5, 5.41) is 0. The van der Waals surface area contributed by atoms with Crippen molar-refractivity contribution in [2.24, 2.45) is 34.5 Å². The molecule has 0 aromatic rings. The third-order valence-corrected chi connectivity index (χ3v) is 8.15. The second-order valence-electron chi connectivity index (χ2n) is 9.01. The highest BCUT2D eigenvalue weighted by molar-refractivity contribution is 5.82. The Morgan fingerprint density at radius 3 is 2.65 bits per heavy atom. The largest absolute Gasteiger partial charge is 0.300 e. The summed E-state index contributed by atoms with van der Waals surface area (Å²) in [6.07, 6.45) is 13.3. The molecule has 4 fully saturated rings. The van der Waals surface area contributed by atoms with Crippen LogP contribution in [0.4, 0.5) is 0 Å². The summed E-state index contributed by atoms with van der Waals surface area (Å²) < 4.78 is 0. The van der Waals surface area contributed by atoms with E-state index in [4.69, 9.17) is 0 Å². The van der Waals surface area contributed by atoms with Gasteiger partial charge in [-0.15, -0.1) is 0 Å². The standard InChI is InChI=1S/C19H30O/c1-18-10-8-16-15(17(18)11-14(20)12-18)7-6-13-5-3-4-9-19(13,16)2/h13,15-17H,3-12H2,1-2H3/t13-,15-,16+,17+,18-,19+/m1/s1. The average Bonchev–Trinajstić information content (AvgIpc) is 2.72. The van der Waals surface area contributed by atoms with Crippen molar-refractivity contribution in [2.45, 2.75) is 78.1 Å². The van der Waals surface area contributed by atoms with E-state index in [9.17, 15) is 4.79 Å². The molecule has 0 N–H and O–H groups in total. The number of fused-ring (bicyclic) bond motifs is 5. The minimum atomic E-state index is 0.371. The highest BCUT2D eigenvalue weighted by Gasteiger charge is 2.58. The van der Waals surface area contributed by atoms with E-state index in [0.29, 0.717) is 16.6 Å². The number of hydrogen-bond acceptors (Lipinski definition) is 1. The van der Waals surface area contributed by atoms with Gasteiger partial charge in [0.15, 0.2) is 0 Å². The number of carbonyl (C=O) groups is 1. The second kappa shape index (κ2) is 4.34. The molecule has 0 aromatic heterocycles. The fraction of sp³-hybridized carbons (Fsp3) is 0.947. The van der Waals surface area contributed by atoms with Gasteiger partial charge in [0.05, 0.1) is 0 Å². The van der Waals surface area contributed by atoms with Gasteiger partial charge in [-0.05, 0) is 73.0 Å². The van der Waals surface area contributed by atoms with Crippen LogP contribution in [0.25, 0.3) is 0 Å².